The van der Waals surface area contributed by atoms with E-state index in [1.54, 1.807) is 12.1 Å². The average Bonchev–Trinajstić information content (AvgIpc) is 2.70. The highest BCUT2D eigenvalue weighted by Gasteiger charge is 2.34. The molecule has 1 fully saturated rings. The molecule has 2 rings (SSSR count). The van der Waals surface area contributed by atoms with Gasteiger partial charge in [0.15, 0.2) is 0 Å². The molecule has 1 aliphatic heterocycles. The highest BCUT2D eigenvalue weighted by molar-refractivity contribution is 5.28. The quantitative estimate of drug-likeness (QED) is 0.910. The van der Waals surface area contributed by atoms with E-state index in [0.29, 0.717) is 5.92 Å². The molecule has 2 atom stereocenters. The van der Waals surface area contributed by atoms with Crippen molar-refractivity contribution < 1.29 is 13.2 Å². The number of benzene rings is 1. The maximum Gasteiger partial charge on any atom is 0.416 e. The number of alkyl halides is 3. The topological polar surface area (TPSA) is 15.3 Å². The molecule has 1 saturated heterocycles. The summed E-state index contributed by atoms with van der Waals surface area (Å²) in [5.74, 6) is 0.451. The summed E-state index contributed by atoms with van der Waals surface area (Å²) in [7, 11) is 3.93. The number of nitrogens with one attached hydrogen (secondary N) is 1. The Morgan fingerprint density at radius 3 is 2.42 bits per heavy atom. The third-order valence-electron chi connectivity index (χ3n) is 3.82. The minimum Gasteiger partial charge on any atom is -0.319 e. The molecule has 0 aliphatic carbocycles. The molecule has 0 saturated carbocycles. The van der Waals surface area contributed by atoms with Crippen molar-refractivity contribution in [1.29, 1.82) is 0 Å². The van der Waals surface area contributed by atoms with Crippen molar-refractivity contribution in [2.45, 2.75) is 18.6 Å². The molecule has 2 nitrogen and oxygen atoms in total. The Morgan fingerprint density at radius 2 is 1.89 bits per heavy atom. The monoisotopic (exact) mass is 272 g/mol. The molecule has 1 heterocycles. The van der Waals surface area contributed by atoms with Crippen LogP contribution >= 0.6 is 0 Å². The Hall–Kier alpha value is -1.07. The van der Waals surface area contributed by atoms with Crippen LogP contribution in [0.25, 0.3) is 0 Å². The summed E-state index contributed by atoms with van der Waals surface area (Å²) in [5.41, 5.74) is 0.385. The largest absolute Gasteiger partial charge is 0.416 e. The molecule has 19 heavy (non-hydrogen) atoms. The lowest BCUT2D eigenvalue weighted by Crippen LogP contribution is -2.26. The van der Waals surface area contributed by atoms with Gasteiger partial charge in [0.2, 0.25) is 0 Å². The van der Waals surface area contributed by atoms with Gasteiger partial charge in [-0.2, -0.15) is 13.2 Å². The number of hydrogen-bond donors (Lipinski definition) is 1. The minimum absolute atomic E-state index is 0.203. The van der Waals surface area contributed by atoms with E-state index in [0.717, 1.165) is 25.1 Å². The standard InChI is InChI=1S/C14H19F3N2/c1-18-9-11-7-8-19(2)13(11)10-3-5-12(6-4-10)14(15,16)17/h3-6,11,13,18H,7-9H2,1-2H3. The molecular formula is C14H19F3N2. The van der Waals surface area contributed by atoms with Crippen LogP contribution in [0.3, 0.4) is 0 Å². The zero-order valence-corrected chi connectivity index (χ0v) is 11.2. The molecular weight excluding hydrogens is 253 g/mol. The Bertz CT molecular complexity index is 412. The van der Waals surface area contributed by atoms with Crippen LogP contribution in [-0.2, 0) is 6.18 Å². The minimum atomic E-state index is -4.26. The predicted molar refractivity (Wildman–Crippen MR) is 68.8 cm³/mol. The molecule has 2 unspecified atom stereocenters. The lowest BCUT2D eigenvalue weighted by Gasteiger charge is -2.25. The summed E-state index contributed by atoms with van der Waals surface area (Å²) >= 11 is 0. The van der Waals surface area contributed by atoms with Crippen LogP contribution in [0.15, 0.2) is 24.3 Å². The summed E-state index contributed by atoms with van der Waals surface area (Å²) in [6.07, 6.45) is -3.19. The molecule has 5 heteroatoms. The van der Waals surface area contributed by atoms with E-state index in [4.69, 9.17) is 0 Å². The number of hydrogen-bond acceptors (Lipinski definition) is 2. The van der Waals surface area contributed by atoms with E-state index >= 15 is 0 Å². The molecule has 1 aromatic carbocycles. The maximum absolute atomic E-state index is 12.6. The van der Waals surface area contributed by atoms with E-state index in [1.807, 2.05) is 14.1 Å². The second kappa shape index (κ2) is 5.51. The van der Waals surface area contributed by atoms with Crippen LogP contribution in [0, 0.1) is 5.92 Å². The lowest BCUT2D eigenvalue weighted by molar-refractivity contribution is -0.137. The number of rotatable bonds is 3. The lowest BCUT2D eigenvalue weighted by atomic mass is 9.93. The van der Waals surface area contributed by atoms with Crippen LogP contribution in [0.2, 0.25) is 0 Å². The Morgan fingerprint density at radius 1 is 1.26 bits per heavy atom. The van der Waals surface area contributed by atoms with Crippen LogP contribution < -0.4 is 5.32 Å². The van der Waals surface area contributed by atoms with Crippen molar-refractivity contribution in [3.63, 3.8) is 0 Å². The summed E-state index contributed by atoms with van der Waals surface area (Å²) in [6, 6.07) is 5.78. The Balaban J connectivity index is 2.20. The van der Waals surface area contributed by atoms with Crippen molar-refractivity contribution in [2.24, 2.45) is 5.92 Å². The highest BCUT2D eigenvalue weighted by atomic mass is 19.4. The Labute approximate surface area is 111 Å². The number of halogens is 3. The summed E-state index contributed by atoms with van der Waals surface area (Å²) in [6.45, 7) is 1.87. The number of likely N-dealkylation sites (tertiary alicyclic amines) is 1. The molecule has 0 amide bonds. The third-order valence-corrected chi connectivity index (χ3v) is 3.82. The van der Waals surface area contributed by atoms with Crippen LogP contribution in [0.5, 0.6) is 0 Å². The fourth-order valence-electron chi connectivity index (χ4n) is 2.90. The van der Waals surface area contributed by atoms with Gasteiger partial charge in [-0.3, -0.25) is 4.90 Å². The van der Waals surface area contributed by atoms with E-state index in [9.17, 15) is 13.2 Å². The second-order valence-corrected chi connectivity index (χ2v) is 5.15. The number of nitrogens with zero attached hydrogens (tertiary/aromatic N) is 1. The van der Waals surface area contributed by atoms with Gasteiger partial charge in [0.25, 0.3) is 0 Å². The fraction of sp³-hybridized carbons (Fsp3) is 0.571. The van der Waals surface area contributed by atoms with Crippen LogP contribution in [-0.4, -0.2) is 32.1 Å². The molecule has 1 aliphatic rings. The molecule has 0 spiro atoms. The van der Waals surface area contributed by atoms with E-state index in [2.05, 4.69) is 10.2 Å². The first-order chi connectivity index (χ1) is 8.93. The van der Waals surface area contributed by atoms with Gasteiger partial charge >= 0.3 is 6.18 Å². The van der Waals surface area contributed by atoms with Gasteiger partial charge in [0.05, 0.1) is 5.56 Å². The van der Waals surface area contributed by atoms with E-state index < -0.39 is 11.7 Å². The molecule has 1 N–H and O–H groups in total. The predicted octanol–water partition coefficient (Wildman–Crippen LogP) is 2.92. The zero-order valence-electron chi connectivity index (χ0n) is 11.2. The smallest absolute Gasteiger partial charge is 0.319 e. The van der Waals surface area contributed by atoms with Crippen molar-refractivity contribution in [2.75, 3.05) is 27.2 Å². The SMILES string of the molecule is CNCC1CCN(C)C1c1ccc(C(F)(F)F)cc1. The van der Waals surface area contributed by atoms with Gasteiger partial charge in [-0.05, 0) is 57.2 Å². The molecule has 0 bridgehead atoms. The molecule has 0 radical (unpaired) electrons. The summed E-state index contributed by atoms with van der Waals surface area (Å²) < 4.78 is 37.7. The maximum atomic E-state index is 12.6. The van der Waals surface area contributed by atoms with Gasteiger partial charge in [-0.25, -0.2) is 0 Å². The fourth-order valence-corrected chi connectivity index (χ4v) is 2.90. The molecule has 1 aromatic rings. The van der Waals surface area contributed by atoms with Gasteiger partial charge in [-0.15, -0.1) is 0 Å². The highest BCUT2D eigenvalue weighted by Crippen LogP contribution is 2.37. The van der Waals surface area contributed by atoms with E-state index in [-0.39, 0.29) is 6.04 Å². The summed E-state index contributed by atoms with van der Waals surface area (Å²) in [5, 5.41) is 3.16. The van der Waals surface area contributed by atoms with Crippen molar-refractivity contribution in [3.8, 4) is 0 Å². The second-order valence-electron chi connectivity index (χ2n) is 5.15. The zero-order chi connectivity index (χ0) is 14.0. The average molecular weight is 272 g/mol. The van der Waals surface area contributed by atoms with Gasteiger partial charge < -0.3 is 5.32 Å². The Kier molecular flexibility index (Phi) is 4.16. The van der Waals surface area contributed by atoms with Crippen LogP contribution in [0.4, 0.5) is 13.2 Å². The van der Waals surface area contributed by atoms with Crippen LogP contribution in [0.1, 0.15) is 23.6 Å². The summed E-state index contributed by atoms with van der Waals surface area (Å²) in [4.78, 5) is 2.21. The first-order valence-electron chi connectivity index (χ1n) is 6.45. The van der Waals surface area contributed by atoms with Crippen molar-refractivity contribution in [1.82, 2.24) is 10.2 Å². The van der Waals surface area contributed by atoms with Gasteiger partial charge in [0.1, 0.15) is 0 Å². The van der Waals surface area contributed by atoms with Gasteiger partial charge in [0, 0.05) is 6.04 Å². The third kappa shape index (κ3) is 3.09. The molecule has 106 valence electrons. The van der Waals surface area contributed by atoms with Crippen molar-refractivity contribution in [3.05, 3.63) is 35.4 Å². The normalized spacial score (nSPS) is 24.9. The first kappa shape index (κ1) is 14.3. The molecule has 0 aromatic heterocycles. The van der Waals surface area contributed by atoms with E-state index in [1.165, 1.54) is 12.1 Å². The van der Waals surface area contributed by atoms with Crippen molar-refractivity contribution >= 4 is 0 Å². The van der Waals surface area contributed by atoms with Gasteiger partial charge in [-0.1, -0.05) is 12.1 Å². The first-order valence-corrected chi connectivity index (χ1v) is 6.45.